The highest BCUT2D eigenvalue weighted by molar-refractivity contribution is 7.92. The lowest BCUT2D eigenvalue weighted by Gasteiger charge is -2.13. The Balaban J connectivity index is 3.14. The summed E-state index contributed by atoms with van der Waals surface area (Å²) >= 11 is 0. The van der Waals surface area contributed by atoms with Crippen LogP contribution in [0.3, 0.4) is 0 Å². The average molecular weight is 242 g/mol. The molecule has 88 valence electrons. The van der Waals surface area contributed by atoms with Crippen LogP contribution in [-0.4, -0.2) is 33.2 Å². The van der Waals surface area contributed by atoms with Crippen LogP contribution in [0.4, 0.5) is 0 Å². The molecule has 0 unspecified atom stereocenters. The number of carbonyl (C=O) groups is 1. The van der Waals surface area contributed by atoms with E-state index in [1.807, 2.05) is 0 Å². The van der Waals surface area contributed by atoms with E-state index in [4.69, 9.17) is 4.74 Å². The van der Waals surface area contributed by atoms with Gasteiger partial charge in [-0.1, -0.05) is 18.2 Å². The quantitative estimate of drug-likeness (QED) is 0.774. The molecule has 1 aromatic rings. The van der Waals surface area contributed by atoms with Crippen LogP contribution in [0.5, 0.6) is 0 Å². The van der Waals surface area contributed by atoms with E-state index in [0.717, 1.165) is 0 Å². The molecule has 0 aliphatic heterocycles. The number of ether oxygens (including phenoxy) is 1. The van der Waals surface area contributed by atoms with Crippen LogP contribution in [0, 0.1) is 0 Å². The maximum Gasteiger partial charge on any atom is 0.190 e. The Morgan fingerprint density at radius 3 is 2.31 bits per heavy atom. The fourth-order valence-electron chi connectivity index (χ4n) is 1.35. The van der Waals surface area contributed by atoms with Gasteiger partial charge in [-0.15, -0.1) is 0 Å². The summed E-state index contributed by atoms with van der Waals surface area (Å²) in [5.41, 5.74) is 0. The van der Waals surface area contributed by atoms with Crippen molar-refractivity contribution in [3.8, 4) is 0 Å². The Labute approximate surface area is 95.2 Å². The average Bonchev–Trinajstić information content (AvgIpc) is 2.26. The predicted octanol–water partition coefficient (Wildman–Crippen LogP) is 1.06. The van der Waals surface area contributed by atoms with Crippen LogP contribution >= 0.6 is 0 Å². The zero-order valence-electron chi connectivity index (χ0n) is 9.21. The second-order valence-corrected chi connectivity index (χ2v) is 5.54. The second kappa shape index (κ2) is 5.23. The maximum atomic E-state index is 12.1. The molecule has 1 rings (SSSR count). The highest BCUT2D eigenvalue weighted by Crippen LogP contribution is 2.16. The molecule has 0 amide bonds. The molecular weight excluding hydrogens is 228 g/mol. The molecule has 0 aliphatic carbocycles. The van der Waals surface area contributed by atoms with Crippen molar-refractivity contribution in [3.63, 3.8) is 0 Å². The van der Waals surface area contributed by atoms with E-state index in [-0.39, 0.29) is 11.5 Å². The van der Waals surface area contributed by atoms with Gasteiger partial charge in [0.25, 0.3) is 0 Å². The first kappa shape index (κ1) is 12.9. The molecule has 1 atom stereocenters. The Morgan fingerprint density at radius 1 is 1.31 bits per heavy atom. The van der Waals surface area contributed by atoms with Gasteiger partial charge in [-0.3, -0.25) is 4.79 Å². The summed E-state index contributed by atoms with van der Waals surface area (Å²) in [6, 6.07) is 7.91. The van der Waals surface area contributed by atoms with Crippen molar-refractivity contribution in [1.82, 2.24) is 0 Å². The summed E-state index contributed by atoms with van der Waals surface area (Å²) in [5.74, 6) is -0.411. The molecule has 5 heteroatoms. The van der Waals surface area contributed by atoms with E-state index < -0.39 is 20.9 Å². The number of Topliss-reactive ketones (excluding diaryl/α,β-unsaturated/α-hetero) is 1. The third-order valence-electron chi connectivity index (χ3n) is 2.22. The molecule has 16 heavy (non-hydrogen) atoms. The number of hydrogen-bond donors (Lipinski definition) is 0. The third-order valence-corrected chi connectivity index (χ3v) is 4.36. The summed E-state index contributed by atoms with van der Waals surface area (Å²) in [6.45, 7) is 1.14. The molecule has 0 radical (unpaired) electrons. The lowest BCUT2D eigenvalue weighted by Crippen LogP contribution is -2.32. The van der Waals surface area contributed by atoms with Gasteiger partial charge >= 0.3 is 0 Å². The van der Waals surface area contributed by atoms with Crippen LogP contribution < -0.4 is 0 Å². The van der Waals surface area contributed by atoms with Gasteiger partial charge < -0.3 is 4.74 Å². The zero-order valence-corrected chi connectivity index (χ0v) is 10.0. The fourth-order valence-corrected chi connectivity index (χ4v) is 2.97. The standard InChI is InChI=1S/C11H14O4S/c1-9(12)11(8-15-2)16(13,14)10-6-4-3-5-7-10/h3-7,11H,8H2,1-2H3/t11-/m0/s1. The minimum Gasteiger partial charge on any atom is -0.383 e. The molecule has 0 heterocycles. The molecule has 1 aromatic carbocycles. The second-order valence-electron chi connectivity index (χ2n) is 3.41. The SMILES string of the molecule is COC[C@@H](C(C)=O)S(=O)(=O)c1ccccc1. The summed E-state index contributed by atoms with van der Waals surface area (Å²) in [7, 11) is -2.27. The van der Waals surface area contributed by atoms with Crippen LogP contribution in [0.1, 0.15) is 6.92 Å². The lowest BCUT2D eigenvalue weighted by molar-refractivity contribution is -0.117. The molecular formula is C11H14O4S. The normalized spacial score (nSPS) is 13.4. The van der Waals surface area contributed by atoms with Crippen LogP contribution in [-0.2, 0) is 19.4 Å². The Kier molecular flexibility index (Phi) is 4.20. The fraction of sp³-hybridized carbons (Fsp3) is 0.364. The molecule has 0 saturated heterocycles. The smallest absolute Gasteiger partial charge is 0.190 e. The maximum absolute atomic E-state index is 12.1. The number of ketones is 1. The van der Waals surface area contributed by atoms with Gasteiger partial charge in [-0.25, -0.2) is 8.42 Å². The van der Waals surface area contributed by atoms with Crippen molar-refractivity contribution in [2.24, 2.45) is 0 Å². The molecule has 0 bridgehead atoms. The van der Waals surface area contributed by atoms with E-state index in [9.17, 15) is 13.2 Å². The summed E-state index contributed by atoms with van der Waals surface area (Å²) in [5, 5.41) is -1.13. The first-order chi connectivity index (χ1) is 7.50. The van der Waals surface area contributed by atoms with Gasteiger partial charge in [0, 0.05) is 7.11 Å². The number of rotatable bonds is 5. The van der Waals surface area contributed by atoms with Gasteiger partial charge in [0.05, 0.1) is 11.5 Å². The number of hydrogen-bond acceptors (Lipinski definition) is 4. The Bertz CT molecular complexity index is 450. The Morgan fingerprint density at radius 2 is 1.88 bits per heavy atom. The van der Waals surface area contributed by atoms with Crippen molar-refractivity contribution >= 4 is 15.6 Å². The van der Waals surface area contributed by atoms with Crippen molar-refractivity contribution in [2.45, 2.75) is 17.1 Å². The number of methoxy groups -OCH3 is 1. The van der Waals surface area contributed by atoms with Crippen molar-refractivity contribution < 1.29 is 17.9 Å². The van der Waals surface area contributed by atoms with Crippen LogP contribution in [0.2, 0.25) is 0 Å². The van der Waals surface area contributed by atoms with Gasteiger partial charge in [0.1, 0.15) is 5.25 Å². The van der Waals surface area contributed by atoms with Crippen LogP contribution in [0.15, 0.2) is 35.2 Å². The zero-order chi connectivity index (χ0) is 12.2. The number of benzene rings is 1. The highest BCUT2D eigenvalue weighted by Gasteiger charge is 2.31. The molecule has 0 spiro atoms. The van der Waals surface area contributed by atoms with Crippen molar-refractivity contribution in [2.75, 3.05) is 13.7 Å². The van der Waals surface area contributed by atoms with Gasteiger partial charge in [0.15, 0.2) is 15.6 Å². The Hall–Kier alpha value is -1.20. The molecule has 0 aromatic heterocycles. The van der Waals surface area contributed by atoms with Gasteiger partial charge in [-0.2, -0.15) is 0 Å². The third kappa shape index (κ3) is 2.68. The van der Waals surface area contributed by atoms with Crippen molar-refractivity contribution in [3.05, 3.63) is 30.3 Å². The van der Waals surface area contributed by atoms with Crippen LogP contribution in [0.25, 0.3) is 0 Å². The van der Waals surface area contributed by atoms with E-state index >= 15 is 0 Å². The summed E-state index contributed by atoms with van der Waals surface area (Å²) in [6.07, 6.45) is 0. The molecule has 0 aliphatic rings. The number of sulfone groups is 1. The highest BCUT2D eigenvalue weighted by atomic mass is 32.2. The molecule has 4 nitrogen and oxygen atoms in total. The minimum atomic E-state index is -3.64. The molecule has 0 fully saturated rings. The summed E-state index contributed by atoms with van der Waals surface area (Å²) < 4.78 is 28.9. The minimum absolute atomic E-state index is 0.118. The van der Waals surface area contributed by atoms with Crippen molar-refractivity contribution in [1.29, 1.82) is 0 Å². The lowest BCUT2D eigenvalue weighted by atomic mass is 10.3. The topological polar surface area (TPSA) is 60.4 Å². The van der Waals surface area contributed by atoms with Gasteiger partial charge in [0.2, 0.25) is 0 Å². The first-order valence-corrected chi connectivity index (χ1v) is 6.33. The van der Waals surface area contributed by atoms with E-state index in [1.54, 1.807) is 18.2 Å². The van der Waals surface area contributed by atoms with Gasteiger partial charge in [-0.05, 0) is 19.1 Å². The number of carbonyl (C=O) groups excluding carboxylic acids is 1. The van der Waals surface area contributed by atoms with E-state index in [2.05, 4.69) is 0 Å². The first-order valence-electron chi connectivity index (χ1n) is 4.78. The largest absolute Gasteiger partial charge is 0.383 e. The molecule has 0 N–H and O–H groups in total. The predicted molar refractivity (Wildman–Crippen MR) is 60.0 cm³/mol. The van der Waals surface area contributed by atoms with E-state index in [1.165, 1.54) is 26.2 Å². The summed E-state index contributed by atoms with van der Waals surface area (Å²) in [4.78, 5) is 11.4. The monoisotopic (exact) mass is 242 g/mol. The molecule has 0 saturated carbocycles. The van der Waals surface area contributed by atoms with E-state index in [0.29, 0.717) is 0 Å².